The first-order chi connectivity index (χ1) is 26.6. The van der Waals surface area contributed by atoms with Crippen LogP contribution < -0.4 is 4.90 Å². The van der Waals surface area contributed by atoms with E-state index >= 15 is 0 Å². The average molecular weight is 692 g/mol. The van der Waals surface area contributed by atoms with Gasteiger partial charge in [-0.15, -0.1) is 0 Å². The highest BCUT2D eigenvalue weighted by atomic mass is 15.2. The maximum absolute atomic E-state index is 2.58. The second-order valence-corrected chi connectivity index (χ2v) is 15.8. The molecule has 6 aromatic carbocycles. The van der Waals surface area contributed by atoms with Crippen LogP contribution in [-0.4, -0.2) is 0 Å². The molecule has 0 unspecified atom stereocenters. The van der Waals surface area contributed by atoms with Gasteiger partial charge in [-0.2, -0.15) is 0 Å². The molecule has 5 aliphatic rings. The van der Waals surface area contributed by atoms with E-state index in [0.717, 1.165) is 19.3 Å². The average Bonchev–Trinajstić information content (AvgIpc) is 3.68. The van der Waals surface area contributed by atoms with Gasteiger partial charge >= 0.3 is 0 Å². The Hall–Kier alpha value is -6.18. The summed E-state index contributed by atoms with van der Waals surface area (Å²) in [6.07, 6.45) is 17.3. The largest absolute Gasteiger partial charge is 0.313 e. The van der Waals surface area contributed by atoms with Crippen LogP contribution in [0.1, 0.15) is 72.1 Å². The van der Waals surface area contributed by atoms with E-state index in [-0.39, 0.29) is 5.41 Å². The van der Waals surface area contributed by atoms with Crippen LogP contribution in [0.5, 0.6) is 0 Å². The van der Waals surface area contributed by atoms with Crippen molar-refractivity contribution in [2.45, 2.75) is 43.9 Å². The minimum absolute atomic E-state index is 0.117. The topological polar surface area (TPSA) is 3.24 Å². The summed E-state index contributed by atoms with van der Waals surface area (Å²) in [6, 6.07) is 52.7. The molecule has 1 nitrogen and oxygen atoms in total. The van der Waals surface area contributed by atoms with E-state index in [4.69, 9.17) is 0 Å². The number of hydrogen-bond acceptors (Lipinski definition) is 1. The second-order valence-electron chi connectivity index (χ2n) is 15.8. The number of fused-ring (bicyclic) bond motifs is 12. The molecular formula is C53H41N. The summed E-state index contributed by atoms with van der Waals surface area (Å²) in [7, 11) is 0. The van der Waals surface area contributed by atoms with Crippen LogP contribution in [0.2, 0.25) is 0 Å². The predicted octanol–water partition coefficient (Wildman–Crippen LogP) is 13.5. The zero-order valence-electron chi connectivity index (χ0n) is 30.8. The zero-order chi connectivity index (χ0) is 36.0. The lowest BCUT2D eigenvalue weighted by Crippen LogP contribution is -2.26. The lowest BCUT2D eigenvalue weighted by Gasteiger charge is -2.33. The fraction of sp³-hybridized carbons (Fsp3) is 0.132. The Morgan fingerprint density at radius 2 is 1.13 bits per heavy atom. The Kier molecular flexibility index (Phi) is 6.77. The predicted molar refractivity (Wildman–Crippen MR) is 226 cm³/mol. The van der Waals surface area contributed by atoms with Gasteiger partial charge in [-0.25, -0.2) is 0 Å². The van der Waals surface area contributed by atoms with E-state index in [9.17, 15) is 0 Å². The molecule has 0 atom stereocenters. The van der Waals surface area contributed by atoms with Crippen molar-refractivity contribution in [1.29, 1.82) is 0 Å². The number of hydrogen-bond donors (Lipinski definition) is 0. The lowest BCUT2D eigenvalue weighted by molar-refractivity contribution is 0.653. The van der Waals surface area contributed by atoms with E-state index in [0.29, 0.717) is 0 Å². The first-order valence-corrected chi connectivity index (χ1v) is 19.5. The molecule has 0 fully saturated rings. The van der Waals surface area contributed by atoms with Gasteiger partial charge in [-0.1, -0.05) is 166 Å². The first-order valence-electron chi connectivity index (χ1n) is 19.5. The van der Waals surface area contributed by atoms with Crippen LogP contribution in [0.4, 0.5) is 11.4 Å². The van der Waals surface area contributed by atoms with Crippen LogP contribution in [0.3, 0.4) is 0 Å². The molecule has 11 rings (SSSR count). The van der Waals surface area contributed by atoms with E-state index in [1.807, 2.05) is 0 Å². The van der Waals surface area contributed by atoms with Crippen molar-refractivity contribution >= 4 is 22.5 Å². The molecule has 0 aliphatic heterocycles. The minimum Gasteiger partial charge on any atom is -0.313 e. The quantitative estimate of drug-likeness (QED) is 0.178. The Morgan fingerprint density at radius 3 is 1.81 bits per heavy atom. The Labute approximate surface area is 318 Å². The summed E-state index contributed by atoms with van der Waals surface area (Å²) >= 11 is 0. The van der Waals surface area contributed by atoms with Gasteiger partial charge in [0, 0.05) is 28.8 Å². The number of rotatable bonds is 4. The minimum atomic E-state index is -0.396. The van der Waals surface area contributed by atoms with Crippen molar-refractivity contribution in [3.05, 3.63) is 226 Å². The third kappa shape index (κ3) is 4.21. The molecule has 0 radical (unpaired) electrons. The van der Waals surface area contributed by atoms with Gasteiger partial charge in [-0.05, 0) is 109 Å². The van der Waals surface area contributed by atoms with Crippen LogP contribution in [0, 0.1) is 0 Å². The molecule has 0 N–H and O–H groups in total. The van der Waals surface area contributed by atoms with Gasteiger partial charge in [-0.3, -0.25) is 0 Å². The standard InChI is InChI=1S/C53H41N/c1-52(2)44-24-10-6-19-39(44)42-23-14-18-38(34-49(42)52)54(37-32-30-36(31-33-37)35-16-4-3-5-17-35)50-29-15-28-48-51(50)43-22-9-13-27-47(43)53(48)45-25-11-7-20-40(45)41-21-8-12-26-46(41)53/h4,6-17,19-34H,3,5,18H2,1-2H3. The van der Waals surface area contributed by atoms with E-state index in [1.165, 1.54) is 95.0 Å². The van der Waals surface area contributed by atoms with Gasteiger partial charge in [0.1, 0.15) is 0 Å². The molecule has 258 valence electrons. The van der Waals surface area contributed by atoms with Crippen molar-refractivity contribution in [3.8, 4) is 22.3 Å². The maximum Gasteiger partial charge on any atom is 0.0726 e. The van der Waals surface area contributed by atoms with Crippen LogP contribution >= 0.6 is 0 Å². The fourth-order valence-corrected chi connectivity index (χ4v) is 10.4. The summed E-state index contributed by atoms with van der Waals surface area (Å²) in [6.45, 7) is 4.78. The molecule has 1 spiro atoms. The summed E-state index contributed by atoms with van der Waals surface area (Å²) in [4.78, 5) is 2.58. The van der Waals surface area contributed by atoms with Gasteiger partial charge in [0.25, 0.3) is 0 Å². The molecule has 5 aliphatic carbocycles. The van der Waals surface area contributed by atoms with Crippen LogP contribution in [-0.2, 0) is 10.8 Å². The van der Waals surface area contributed by atoms with Gasteiger partial charge < -0.3 is 4.90 Å². The second kappa shape index (κ2) is 11.7. The van der Waals surface area contributed by atoms with Crippen LogP contribution in [0.25, 0.3) is 33.4 Å². The molecule has 54 heavy (non-hydrogen) atoms. The smallest absolute Gasteiger partial charge is 0.0726 e. The molecule has 0 saturated carbocycles. The summed E-state index contributed by atoms with van der Waals surface area (Å²) in [5.74, 6) is 0. The van der Waals surface area contributed by atoms with Crippen molar-refractivity contribution in [2.24, 2.45) is 0 Å². The maximum atomic E-state index is 2.58. The molecule has 0 bridgehead atoms. The number of nitrogens with zero attached hydrogens (tertiary/aromatic N) is 1. The zero-order valence-corrected chi connectivity index (χ0v) is 30.8. The molecule has 6 aromatic rings. The third-order valence-electron chi connectivity index (χ3n) is 12.8. The summed E-state index contributed by atoms with van der Waals surface area (Å²) in [5.41, 5.74) is 22.0. The van der Waals surface area contributed by atoms with E-state index in [1.54, 1.807) is 0 Å². The molecule has 1 heteroatoms. The van der Waals surface area contributed by atoms with Crippen molar-refractivity contribution < 1.29 is 0 Å². The monoisotopic (exact) mass is 691 g/mol. The molecular weight excluding hydrogens is 651 g/mol. The highest BCUT2D eigenvalue weighted by molar-refractivity contribution is 6.00. The molecule has 0 heterocycles. The van der Waals surface area contributed by atoms with E-state index < -0.39 is 5.41 Å². The SMILES string of the molecule is CC1(C)C2=C(C=CCC(N(c3ccc(C4=CCCC=C4)cc3)c3cccc4c3-c3ccccc3C43c4ccccc4-c4ccccc43)=C2)c2ccccc21. The van der Waals surface area contributed by atoms with Crippen LogP contribution in [0.15, 0.2) is 187 Å². The molecule has 0 amide bonds. The first kappa shape index (κ1) is 31.4. The fourth-order valence-electron chi connectivity index (χ4n) is 10.4. The Balaban J connectivity index is 1.18. The van der Waals surface area contributed by atoms with Crippen molar-refractivity contribution in [3.63, 3.8) is 0 Å². The van der Waals surface area contributed by atoms with Crippen molar-refractivity contribution in [2.75, 3.05) is 4.90 Å². The summed E-state index contributed by atoms with van der Waals surface area (Å²) < 4.78 is 0. The highest BCUT2D eigenvalue weighted by Gasteiger charge is 2.52. The number of allylic oxidation sites excluding steroid dienone is 9. The summed E-state index contributed by atoms with van der Waals surface area (Å²) in [5, 5.41) is 0. The van der Waals surface area contributed by atoms with Gasteiger partial charge in [0.2, 0.25) is 0 Å². The van der Waals surface area contributed by atoms with Gasteiger partial charge in [0.15, 0.2) is 0 Å². The number of anilines is 2. The Bertz CT molecular complexity index is 2660. The Morgan fingerprint density at radius 1 is 0.519 bits per heavy atom. The van der Waals surface area contributed by atoms with E-state index in [2.05, 4.69) is 195 Å². The third-order valence-corrected chi connectivity index (χ3v) is 12.8. The lowest BCUT2D eigenvalue weighted by atomic mass is 9.70. The molecule has 0 aromatic heterocycles. The van der Waals surface area contributed by atoms with Crippen molar-refractivity contribution in [1.82, 2.24) is 0 Å². The normalized spacial score (nSPS) is 17.5. The molecule has 0 saturated heterocycles. The highest BCUT2D eigenvalue weighted by Crippen LogP contribution is 2.64. The number of benzene rings is 6. The van der Waals surface area contributed by atoms with Gasteiger partial charge in [0.05, 0.1) is 11.1 Å².